The zero-order valence-corrected chi connectivity index (χ0v) is 10.7. The highest BCUT2D eigenvalue weighted by Gasteiger charge is 2.05. The van der Waals surface area contributed by atoms with Crippen molar-refractivity contribution in [1.29, 1.82) is 0 Å². The van der Waals surface area contributed by atoms with Gasteiger partial charge in [-0.2, -0.15) is 0 Å². The first-order chi connectivity index (χ1) is 8.78. The summed E-state index contributed by atoms with van der Waals surface area (Å²) >= 11 is 0. The van der Waals surface area contributed by atoms with Crippen LogP contribution in [-0.4, -0.2) is 16.4 Å². The lowest BCUT2D eigenvalue weighted by Crippen LogP contribution is -2.22. The van der Waals surface area contributed by atoms with Crippen LogP contribution in [0, 0.1) is 0 Å². The highest BCUT2D eigenvalue weighted by molar-refractivity contribution is 5.37. The minimum absolute atomic E-state index is 0.774. The van der Waals surface area contributed by atoms with Crippen LogP contribution in [0.5, 0.6) is 0 Å². The highest BCUT2D eigenvalue weighted by atomic mass is 15.1. The van der Waals surface area contributed by atoms with Crippen molar-refractivity contribution < 1.29 is 0 Å². The Balaban J connectivity index is 2.01. The Morgan fingerprint density at radius 1 is 1.11 bits per heavy atom. The molecule has 3 heteroatoms. The van der Waals surface area contributed by atoms with E-state index in [0.29, 0.717) is 0 Å². The van der Waals surface area contributed by atoms with Gasteiger partial charge in [0.15, 0.2) is 0 Å². The summed E-state index contributed by atoms with van der Waals surface area (Å²) in [7, 11) is 0. The van der Waals surface area contributed by atoms with Crippen molar-refractivity contribution in [2.45, 2.75) is 20.0 Å². The molecule has 2 aromatic rings. The number of pyridine rings is 1. The second kappa shape index (κ2) is 6.17. The van der Waals surface area contributed by atoms with Gasteiger partial charge in [-0.1, -0.05) is 37.3 Å². The van der Waals surface area contributed by atoms with Crippen LogP contribution in [0.2, 0.25) is 0 Å². The number of rotatable bonds is 5. The van der Waals surface area contributed by atoms with Crippen molar-refractivity contribution in [3.8, 4) is 0 Å². The van der Waals surface area contributed by atoms with Crippen LogP contribution in [-0.2, 0) is 13.1 Å². The molecule has 0 aliphatic rings. The summed E-state index contributed by atoms with van der Waals surface area (Å²) in [5, 5.41) is 0. The minimum Gasteiger partial charge on any atom is -0.399 e. The predicted molar refractivity (Wildman–Crippen MR) is 74.9 cm³/mol. The number of hydrogen-bond donors (Lipinski definition) is 1. The fourth-order valence-electron chi connectivity index (χ4n) is 1.93. The van der Waals surface area contributed by atoms with Crippen molar-refractivity contribution in [2.24, 2.45) is 0 Å². The maximum Gasteiger partial charge on any atom is 0.0564 e. The molecule has 3 nitrogen and oxygen atoms in total. The van der Waals surface area contributed by atoms with Crippen LogP contribution in [0.15, 0.2) is 48.7 Å². The Labute approximate surface area is 108 Å². The van der Waals surface area contributed by atoms with Crippen LogP contribution in [0.3, 0.4) is 0 Å². The van der Waals surface area contributed by atoms with Crippen molar-refractivity contribution in [2.75, 3.05) is 12.3 Å². The first-order valence-corrected chi connectivity index (χ1v) is 6.24. The maximum atomic E-state index is 5.77. The molecule has 0 amide bonds. The van der Waals surface area contributed by atoms with E-state index in [1.807, 2.05) is 18.2 Å². The lowest BCUT2D eigenvalue weighted by atomic mass is 10.2. The van der Waals surface area contributed by atoms with Gasteiger partial charge in [-0.15, -0.1) is 0 Å². The van der Waals surface area contributed by atoms with E-state index in [1.54, 1.807) is 6.20 Å². The van der Waals surface area contributed by atoms with E-state index < -0.39 is 0 Å². The summed E-state index contributed by atoms with van der Waals surface area (Å²) in [6.45, 7) is 4.92. The Hall–Kier alpha value is -1.87. The molecule has 1 heterocycles. The molecule has 18 heavy (non-hydrogen) atoms. The molecular formula is C15H19N3. The summed E-state index contributed by atoms with van der Waals surface area (Å²) < 4.78 is 0. The van der Waals surface area contributed by atoms with Gasteiger partial charge in [0.1, 0.15) is 0 Å². The van der Waals surface area contributed by atoms with Crippen molar-refractivity contribution in [1.82, 2.24) is 9.88 Å². The van der Waals surface area contributed by atoms with Gasteiger partial charge in [-0.05, 0) is 24.2 Å². The Bertz CT molecular complexity index is 482. The SMILES string of the molecule is CCN(Cc1ccccc1)Cc1cc(N)ccn1. The molecular weight excluding hydrogens is 222 g/mol. The third kappa shape index (κ3) is 3.57. The molecule has 0 atom stereocenters. The van der Waals surface area contributed by atoms with Crippen LogP contribution >= 0.6 is 0 Å². The number of benzene rings is 1. The number of nitrogens with zero attached hydrogens (tertiary/aromatic N) is 2. The van der Waals surface area contributed by atoms with Crippen molar-refractivity contribution in [3.63, 3.8) is 0 Å². The molecule has 0 spiro atoms. The maximum absolute atomic E-state index is 5.77. The van der Waals surface area contributed by atoms with Crippen LogP contribution in [0.4, 0.5) is 5.69 Å². The van der Waals surface area contributed by atoms with E-state index in [9.17, 15) is 0 Å². The van der Waals surface area contributed by atoms with E-state index in [4.69, 9.17) is 5.73 Å². The molecule has 2 rings (SSSR count). The summed E-state index contributed by atoms with van der Waals surface area (Å²) in [6.07, 6.45) is 1.76. The average Bonchev–Trinajstić information content (AvgIpc) is 2.39. The van der Waals surface area contributed by atoms with Crippen LogP contribution in [0.1, 0.15) is 18.2 Å². The number of anilines is 1. The van der Waals surface area contributed by atoms with Gasteiger partial charge in [-0.3, -0.25) is 9.88 Å². The fraction of sp³-hybridized carbons (Fsp3) is 0.267. The quantitative estimate of drug-likeness (QED) is 0.875. The normalized spacial score (nSPS) is 10.8. The molecule has 1 aromatic heterocycles. The Morgan fingerprint density at radius 3 is 2.56 bits per heavy atom. The van der Waals surface area contributed by atoms with Crippen molar-refractivity contribution >= 4 is 5.69 Å². The standard InChI is InChI=1S/C15H19N3/c1-2-18(11-13-6-4-3-5-7-13)12-15-10-14(16)8-9-17-15/h3-10H,2,11-12H2,1H3,(H2,16,17). The molecule has 0 radical (unpaired) electrons. The van der Waals surface area contributed by atoms with Gasteiger partial charge in [0.25, 0.3) is 0 Å². The highest BCUT2D eigenvalue weighted by Crippen LogP contribution is 2.10. The van der Waals surface area contributed by atoms with Crippen LogP contribution < -0.4 is 5.73 Å². The molecule has 0 saturated heterocycles. The summed E-state index contributed by atoms with van der Waals surface area (Å²) in [5.74, 6) is 0. The molecule has 0 saturated carbocycles. The second-order valence-electron chi connectivity index (χ2n) is 4.37. The third-order valence-electron chi connectivity index (χ3n) is 2.92. The van der Waals surface area contributed by atoms with Gasteiger partial charge in [-0.25, -0.2) is 0 Å². The lowest BCUT2D eigenvalue weighted by molar-refractivity contribution is 0.268. The summed E-state index contributed by atoms with van der Waals surface area (Å²) in [6, 6.07) is 14.2. The van der Waals surface area contributed by atoms with Gasteiger partial charge in [0, 0.05) is 25.0 Å². The summed E-state index contributed by atoms with van der Waals surface area (Å²) in [5.41, 5.74) is 8.89. The number of nitrogen functional groups attached to an aromatic ring is 1. The molecule has 1 aromatic carbocycles. The van der Waals surface area contributed by atoms with Gasteiger partial charge >= 0.3 is 0 Å². The molecule has 94 valence electrons. The molecule has 0 aliphatic heterocycles. The topological polar surface area (TPSA) is 42.1 Å². The summed E-state index contributed by atoms with van der Waals surface area (Å²) in [4.78, 5) is 6.69. The number of nitrogens with two attached hydrogens (primary N) is 1. The number of hydrogen-bond acceptors (Lipinski definition) is 3. The molecule has 0 bridgehead atoms. The van der Waals surface area contributed by atoms with E-state index in [1.165, 1.54) is 5.56 Å². The molecule has 0 fully saturated rings. The van der Waals surface area contributed by atoms with Gasteiger partial charge in [0.05, 0.1) is 5.69 Å². The largest absolute Gasteiger partial charge is 0.399 e. The van der Waals surface area contributed by atoms with E-state index in [-0.39, 0.29) is 0 Å². The first kappa shape index (κ1) is 12.6. The van der Waals surface area contributed by atoms with Crippen molar-refractivity contribution in [3.05, 3.63) is 59.9 Å². The second-order valence-corrected chi connectivity index (χ2v) is 4.37. The Kier molecular flexibility index (Phi) is 4.31. The predicted octanol–water partition coefficient (Wildman–Crippen LogP) is 2.69. The molecule has 2 N–H and O–H groups in total. The number of aromatic nitrogens is 1. The smallest absolute Gasteiger partial charge is 0.0564 e. The van der Waals surface area contributed by atoms with E-state index >= 15 is 0 Å². The first-order valence-electron chi connectivity index (χ1n) is 6.24. The van der Waals surface area contributed by atoms with E-state index in [0.717, 1.165) is 31.0 Å². The van der Waals surface area contributed by atoms with E-state index in [2.05, 4.69) is 41.1 Å². The zero-order chi connectivity index (χ0) is 12.8. The zero-order valence-electron chi connectivity index (χ0n) is 10.7. The fourth-order valence-corrected chi connectivity index (χ4v) is 1.93. The average molecular weight is 241 g/mol. The molecule has 0 aliphatic carbocycles. The Morgan fingerprint density at radius 2 is 1.89 bits per heavy atom. The van der Waals surface area contributed by atoms with Crippen LogP contribution in [0.25, 0.3) is 0 Å². The lowest BCUT2D eigenvalue weighted by Gasteiger charge is -2.20. The molecule has 0 unspecified atom stereocenters. The monoisotopic (exact) mass is 241 g/mol. The van der Waals surface area contributed by atoms with Gasteiger partial charge < -0.3 is 5.73 Å². The third-order valence-corrected chi connectivity index (χ3v) is 2.92. The minimum atomic E-state index is 0.774. The van der Waals surface area contributed by atoms with Gasteiger partial charge in [0.2, 0.25) is 0 Å².